The molecule has 0 fully saturated rings. The van der Waals surface area contributed by atoms with Gasteiger partial charge >= 0.3 is 0 Å². The zero-order chi connectivity index (χ0) is 18.3. The Balaban J connectivity index is 1.75. The molecular formula is C19H18ClFN4S. The van der Waals surface area contributed by atoms with Crippen LogP contribution in [0.5, 0.6) is 0 Å². The van der Waals surface area contributed by atoms with Crippen molar-refractivity contribution < 1.29 is 4.39 Å². The van der Waals surface area contributed by atoms with Crippen LogP contribution in [0.25, 0.3) is 21.6 Å². The van der Waals surface area contributed by atoms with E-state index in [1.165, 1.54) is 16.6 Å². The Labute approximate surface area is 160 Å². The lowest BCUT2D eigenvalue weighted by molar-refractivity contribution is 0.270. The van der Waals surface area contributed by atoms with Gasteiger partial charge in [-0.3, -0.25) is 4.90 Å². The first-order valence-electron chi connectivity index (χ1n) is 8.46. The van der Waals surface area contributed by atoms with Gasteiger partial charge in [0, 0.05) is 45.7 Å². The van der Waals surface area contributed by atoms with Crippen LogP contribution in [0.4, 0.5) is 10.1 Å². The summed E-state index contributed by atoms with van der Waals surface area (Å²) in [7, 11) is 0. The van der Waals surface area contributed by atoms with Crippen molar-refractivity contribution in [3.05, 3.63) is 52.1 Å². The van der Waals surface area contributed by atoms with Crippen LogP contribution in [0.2, 0.25) is 5.15 Å². The lowest BCUT2D eigenvalue weighted by Crippen LogP contribution is -2.29. The van der Waals surface area contributed by atoms with E-state index in [4.69, 9.17) is 17.3 Å². The van der Waals surface area contributed by atoms with E-state index in [0.717, 1.165) is 36.5 Å². The molecule has 3 aromatic rings. The van der Waals surface area contributed by atoms with Gasteiger partial charge in [0.2, 0.25) is 5.95 Å². The summed E-state index contributed by atoms with van der Waals surface area (Å²) in [5.41, 5.74) is 9.43. The molecular weight excluding hydrogens is 371 g/mol. The van der Waals surface area contributed by atoms with E-state index in [9.17, 15) is 4.39 Å². The number of nitrogens with zero attached hydrogens (tertiary/aromatic N) is 3. The van der Waals surface area contributed by atoms with Crippen molar-refractivity contribution in [2.45, 2.75) is 19.9 Å². The molecule has 0 aliphatic carbocycles. The molecule has 0 saturated carbocycles. The van der Waals surface area contributed by atoms with E-state index in [0.29, 0.717) is 16.8 Å². The predicted molar refractivity (Wildman–Crippen MR) is 105 cm³/mol. The minimum absolute atomic E-state index is 0.269. The number of nitrogen functional groups attached to an aromatic ring is 1. The van der Waals surface area contributed by atoms with Crippen molar-refractivity contribution in [1.82, 2.24) is 14.9 Å². The highest BCUT2D eigenvalue weighted by atomic mass is 35.5. The molecule has 0 atom stereocenters. The number of pyridine rings is 2. The number of rotatable bonds is 3. The molecule has 4 nitrogen and oxygen atoms in total. The summed E-state index contributed by atoms with van der Waals surface area (Å²) in [5, 5.41) is 0.269. The molecule has 0 unspecified atom stereocenters. The fourth-order valence-electron chi connectivity index (χ4n) is 3.25. The molecule has 3 aromatic heterocycles. The Morgan fingerprint density at radius 2 is 2.08 bits per heavy atom. The van der Waals surface area contributed by atoms with Gasteiger partial charge in [0.15, 0.2) is 0 Å². The summed E-state index contributed by atoms with van der Waals surface area (Å²) in [6.07, 6.45) is 4.07. The van der Waals surface area contributed by atoms with Gasteiger partial charge in [-0.2, -0.15) is 4.39 Å². The number of anilines is 1. The van der Waals surface area contributed by atoms with E-state index in [-0.39, 0.29) is 5.15 Å². The van der Waals surface area contributed by atoms with E-state index in [2.05, 4.69) is 27.9 Å². The molecule has 4 heterocycles. The Morgan fingerprint density at radius 3 is 2.88 bits per heavy atom. The maximum Gasteiger partial charge on any atom is 0.220 e. The summed E-state index contributed by atoms with van der Waals surface area (Å²) < 4.78 is 14.4. The summed E-state index contributed by atoms with van der Waals surface area (Å²) >= 11 is 7.72. The average Bonchev–Trinajstić information content (AvgIpc) is 3.07. The second-order valence-corrected chi connectivity index (χ2v) is 7.86. The molecule has 0 amide bonds. The van der Waals surface area contributed by atoms with Crippen molar-refractivity contribution in [2.24, 2.45) is 0 Å². The Kier molecular flexibility index (Phi) is 4.65. The smallest absolute Gasteiger partial charge is 0.220 e. The minimum Gasteiger partial charge on any atom is -0.397 e. The van der Waals surface area contributed by atoms with Crippen molar-refractivity contribution in [3.63, 3.8) is 0 Å². The maximum absolute atomic E-state index is 14.4. The Morgan fingerprint density at radius 1 is 1.23 bits per heavy atom. The number of nitrogens with two attached hydrogens (primary N) is 1. The second kappa shape index (κ2) is 6.95. The molecule has 1 aliphatic rings. The molecule has 26 heavy (non-hydrogen) atoms. The van der Waals surface area contributed by atoms with Gasteiger partial charge in [-0.15, -0.1) is 11.3 Å². The first-order valence-corrected chi connectivity index (χ1v) is 9.66. The van der Waals surface area contributed by atoms with Crippen molar-refractivity contribution in [1.29, 1.82) is 0 Å². The normalized spacial score (nSPS) is 14.4. The van der Waals surface area contributed by atoms with Crippen LogP contribution < -0.4 is 5.73 Å². The number of hydrogen-bond donors (Lipinski definition) is 1. The van der Waals surface area contributed by atoms with Crippen LogP contribution in [0.1, 0.15) is 17.4 Å². The lowest BCUT2D eigenvalue weighted by Gasteiger charge is -2.24. The molecule has 2 N–H and O–H groups in total. The monoisotopic (exact) mass is 388 g/mol. The number of aromatic nitrogens is 2. The van der Waals surface area contributed by atoms with Crippen LogP contribution in [-0.4, -0.2) is 28.0 Å². The Hall–Kier alpha value is -2.02. The number of fused-ring (bicyclic) bond motifs is 1. The Bertz CT molecular complexity index is 972. The number of halogens is 2. The molecule has 4 rings (SSSR count). The highest BCUT2D eigenvalue weighted by molar-refractivity contribution is 7.15. The quantitative estimate of drug-likeness (QED) is 0.665. The van der Waals surface area contributed by atoms with Gasteiger partial charge in [-0.25, -0.2) is 9.97 Å². The molecule has 0 spiro atoms. The molecule has 7 heteroatoms. The minimum atomic E-state index is -0.568. The van der Waals surface area contributed by atoms with Gasteiger partial charge in [-0.05, 0) is 36.7 Å². The maximum atomic E-state index is 14.4. The van der Waals surface area contributed by atoms with Crippen LogP contribution in [0, 0.1) is 5.95 Å². The molecule has 0 aromatic carbocycles. The number of likely N-dealkylation sites (N-methyl/N-ethyl adjacent to an activating group) is 1. The van der Waals surface area contributed by atoms with E-state index >= 15 is 0 Å². The highest BCUT2D eigenvalue weighted by Gasteiger charge is 2.20. The average molecular weight is 389 g/mol. The van der Waals surface area contributed by atoms with Gasteiger partial charge in [0.1, 0.15) is 5.15 Å². The molecule has 0 radical (unpaired) electrons. The van der Waals surface area contributed by atoms with Crippen LogP contribution >= 0.6 is 22.9 Å². The first kappa shape index (κ1) is 17.4. The molecule has 0 bridgehead atoms. The van der Waals surface area contributed by atoms with E-state index in [1.807, 2.05) is 0 Å². The van der Waals surface area contributed by atoms with Gasteiger partial charge < -0.3 is 5.73 Å². The third-order valence-electron chi connectivity index (χ3n) is 4.71. The largest absolute Gasteiger partial charge is 0.397 e. The van der Waals surface area contributed by atoms with E-state index < -0.39 is 5.95 Å². The van der Waals surface area contributed by atoms with E-state index in [1.54, 1.807) is 29.7 Å². The molecule has 0 saturated heterocycles. The zero-order valence-electron chi connectivity index (χ0n) is 14.3. The summed E-state index contributed by atoms with van der Waals surface area (Å²) in [6.45, 7) is 5.28. The van der Waals surface area contributed by atoms with Crippen molar-refractivity contribution in [3.8, 4) is 21.6 Å². The number of hydrogen-bond acceptors (Lipinski definition) is 5. The summed E-state index contributed by atoms with van der Waals surface area (Å²) in [4.78, 5) is 12.8. The predicted octanol–water partition coefficient (Wildman–Crippen LogP) is 4.62. The van der Waals surface area contributed by atoms with Crippen LogP contribution in [-0.2, 0) is 13.0 Å². The van der Waals surface area contributed by atoms with Gasteiger partial charge in [0.05, 0.1) is 11.9 Å². The first-order chi connectivity index (χ1) is 12.5. The zero-order valence-corrected chi connectivity index (χ0v) is 15.9. The third kappa shape index (κ3) is 3.20. The molecule has 134 valence electrons. The second-order valence-electron chi connectivity index (χ2n) is 6.33. The van der Waals surface area contributed by atoms with Gasteiger partial charge in [0.25, 0.3) is 0 Å². The fourth-order valence-corrected chi connectivity index (χ4v) is 4.55. The SMILES string of the molecule is CCN1CCc2sc(-c3cnc(F)c(-c4cc(Cl)ncc4N)c3)cc2C1. The van der Waals surface area contributed by atoms with Crippen molar-refractivity contribution >= 4 is 28.6 Å². The number of thiophene rings is 1. The van der Waals surface area contributed by atoms with Gasteiger partial charge in [-0.1, -0.05) is 18.5 Å². The molecule has 1 aliphatic heterocycles. The fraction of sp³-hybridized carbons (Fsp3) is 0.263. The highest BCUT2D eigenvalue weighted by Crippen LogP contribution is 2.37. The standard InChI is InChI=1S/C19H18ClFN4S/c1-2-25-4-3-16-12(10-25)6-17(26-16)11-5-14(19(21)24-8-11)13-7-18(20)23-9-15(13)22/h5-9H,2-4,10,22H2,1H3. The lowest BCUT2D eigenvalue weighted by atomic mass is 10.0. The summed E-state index contributed by atoms with van der Waals surface area (Å²) in [6, 6.07) is 5.56. The third-order valence-corrected chi connectivity index (χ3v) is 6.20. The van der Waals surface area contributed by atoms with Crippen molar-refractivity contribution in [2.75, 3.05) is 18.8 Å². The summed E-state index contributed by atoms with van der Waals surface area (Å²) in [5.74, 6) is -0.568. The van der Waals surface area contributed by atoms with Crippen LogP contribution in [0.3, 0.4) is 0 Å². The topological polar surface area (TPSA) is 55.0 Å². The van der Waals surface area contributed by atoms with Crippen LogP contribution in [0.15, 0.2) is 30.6 Å².